The predicted octanol–water partition coefficient (Wildman–Crippen LogP) is 6.56. The molecule has 0 aliphatic carbocycles. The number of nitrogens with zero attached hydrogens (tertiary/aromatic N) is 2. The first-order valence-corrected chi connectivity index (χ1v) is 11.0. The molecule has 0 N–H and O–H groups in total. The summed E-state index contributed by atoms with van der Waals surface area (Å²) in [6, 6.07) is 28.0. The second kappa shape index (κ2) is 9.06. The molecule has 0 fully saturated rings. The molecule has 0 aliphatic heterocycles. The first-order chi connectivity index (χ1) is 14.2. The minimum atomic E-state index is 0.906. The van der Waals surface area contributed by atoms with Crippen LogP contribution in [0.1, 0.15) is 23.6 Å². The SMILES string of the molecule is CCc1ccc(-c2csc(=Nc3cccc(C)c3)n2CCc2ccccc2)cc1. The zero-order chi connectivity index (χ0) is 20.1. The lowest BCUT2D eigenvalue weighted by Crippen LogP contribution is -2.17. The van der Waals surface area contributed by atoms with Crippen molar-refractivity contribution in [2.75, 3.05) is 0 Å². The number of hydrogen-bond donors (Lipinski definition) is 0. The third-order valence-electron chi connectivity index (χ3n) is 5.15. The second-order valence-corrected chi connectivity index (χ2v) is 8.13. The molecule has 3 aromatic carbocycles. The zero-order valence-electron chi connectivity index (χ0n) is 17.0. The summed E-state index contributed by atoms with van der Waals surface area (Å²) in [5, 5.41) is 2.24. The van der Waals surface area contributed by atoms with E-state index in [-0.39, 0.29) is 0 Å². The fraction of sp³-hybridized carbons (Fsp3) is 0.192. The van der Waals surface area contributed by atoms with Gasteiger partial charge in [0.2, 0.25) is 0 Å². The maximum absolute atomic E-state index is 4.98. The smallest absolute Gasteiger partial charge is 0.190 e. The molecule has 0 saturated carbocycles. The zero-order valence-corrected chi connectivity index (χ0v) is 17.8. The van der Waals surface area contributed by atoms with Crippen LogP contribution < -0.4 is 4.80 Å². The third kappa shape index (κ3) is 4.75. The molecule has 0 amide bonds. The molecular formula is C26H26N2S. The van der Waals surface area contributed by atoms with Gasteiger partial charge in [0, 0.05) is 11.9 Å². The molecule has 2 nitrogen and oxygen atoms in total. The van der Waals surface area contributed by atoms with Crippen LogP contribution in [0.25, 0.3) is 11.3 Å². The van der Waals surface area contributed by atoms with Gasteiger partial charge >= 0.3 is 0 Å². The molecule has 0 saturated heterocycles. The molecule has 0 radical (unpaired) electrons. The largest absolute Gasteiger partial charge is 0.316 e. The van der Waals surface area contributed by atoms with Gasteiger partial charge in [-0.1, -0.05) is 73.7 Å². The maximum atomic E-state index is 4.98. The first kappa shape index (κ1) is 19.4. The average Bonchev–Trinajstić information content (AvgIpc) is 3.15. The molecule has 0 unspecified atom stereocenters. The molecule has 0 bridgehead atoms. The molecule has 3 heteroatoms. The van der Waals surface area contributed by atoms with E-state index in [1.165, 1.54) is 27.9 Å². The van der Waals surface area contributed by atoms with Gasteiger partial charge in [0.1, 0.15) is 0 Å². The van der Waals surface area contributed by atoms with Crippen molar-refractivity contribution in [3.05, 3.63) is 106 Å². The van der Waals surface area contributed by atoms with Crippen LogP contribution >= 0.6 is 11.3 Å². The summed E-state index contributed by atoms with van der Waals surface area (Å²) in [4.78, 5) is 6.02. The number of hydrogen-bond acceptors (Lipinski definition) is 2. The van der Waals surface area contributed by atoms with Gasteiger partial charge in [-0.15, -0.1) is 11.3 Å². The van der Waals surface area contributed by atoms with Gasteiger partial charge in [0.25, 0.3) is 0 Å². The monoisotopic (exact) mass is 398 g/mol. The van der Waals surface area contributed by atoms with E-state index in [0.29, 0.717) is 0 Å². The van der Waals surface area contributed by atoms with E-state index >= 15 is 0 Å². The van der Waals surface area contributed by atoms with E-state index in [9.17, 15) is 0 Å². The first-order valence-electron chi connectivity index (χ1n) is 10.2. The molecule has 4 rings (SSSR count). The van der Waals surface area contributed by atoms with E-state index in [4.69, 9.17) is 4.99 Å². The molecule has 1 heterocycles. The normalized spacial score (nSPS) is 11.7. The Bertz CT molecular complexity index is 1140. The fourth-order valence-electron chi connectivity index (χ4n) is 3.47. The van der Waals surface area contributed by atoms with Gasteiger partial charge in [-0.25, -0.2) is 4.99 Å². The van der Waals surface area contributed by atoms with Gasteiger partial charge in [0.15, 0.2) is 4.80 Å². The predicted molar refractivity (Wildman–Crippen MR) is 124 cm³/mol. The molecule has 29 heavy (non-hydrogen) atoms. The van der Waals surface area contributed by atoms with Crippen molar-refractivity contribution in [2.45, 2.75) is 33.2 Å². The second-order valence-electron chi connectivity index (χ2n) is 7.29. The molecule has 0 aliphatic rings. The molecule has 1 aromatic heterocycles. The standard InChI is InChI=1S/C26H26N2S/c1-3-21-12-14-23(15-13-21)25-19-29-26(27-24-11-7-8-20(2)18-24)28(25)17-16-22-9-5-4-6-10-22/h4-15,18-19H,3,16-17H2,1-2H3. The van der Waals surface area contributed by atoms with Gasteiger partial charge < -0.3 is 4.57 Å². The maximum Gasteiger partial charge on any atom is 0.190 e. The highest BCUT2D eigenvalue weighted by atomic mass is 32.1. The summed E-state index contributed by atoms with van der Waals surface area (Å²) in [7, 11) is 0. The Kier molecular flexibility index (Phi) is 6.06. The molecule has 146 valence electrons. The summed E-state index contributed by atoms with van der Waals surface area (Å²) in [6.07, 6.45) is 2.05. The van der Waals surface area contributed by atoms with E-state index < -0.39 is 0 Å². The number of rotatable bonds is 6. The van der Waals surface area contributed by atoms with Crippen LogP contribution in [0, 0.1) is 6.92 Å². The van der Waals surface area contributed by atoms with Crippen LogP contribution in [0.4, 0.5) is 5.69 Å². The van der Waals surface area contributed by atoms with Crippen molar-refractivity contribution in [3.63, 3.8) is 0 Å². The molecule has 4 aromatic rings. The van der Waals surface area contributed by atoms with E-state index in [2.05, 4.69) is 103 Å². The van der Waals surface area contributed by atoms with E-state index in [1.54, 1.807) is 11.3 Å². The van der Waals surface area contributed by atoms with Gasteiger partial charge in [0.05, 0.1) is 11.4 Å². The number of aryl methyl sites for hydroxylation is 3. The Morgan fingerprint density at radius 3 is 2.38 bits per heavy atom. The van der Waals surface area contributed by atoms with Gasteiger partial charge in [-0.05, 0) is 54.2 Å². The van der Waals surface area contributed by atoms with Crippen LogP contribution in [-0.4, -0.2) is 4.57 Å². The van der Waals surface area contributed by atoms with E-state index in [0.717, 1.165) is 29.9 Å². The Morgan fingerprint density at radius 1 is 0.862 bits per heavy atom. The lowest BCUT2D eigenvalue weighted by Gasteiger charge is -2.10. The highest BCUT2D eigenvalue weighted by molar-refractivity contribution is 7.07. The Balaban J connectivity index is 1.75. The Morgan fingerprint density at radius 2 is 1.66 bits per heavy atom. The number of benzene rings is 3. The van der Waals surface area contributed by atoms with Crippen LogP contribution in [-0.2, 0) is 19.4 Å². The summed E-state index contributed by atoms with van der Waals surface area (Å²) in [5.74, 6) is 0. The Labute approximate surface area is 176 Å². The van der Waals surface area contributed by atoms with Crippen molar-refractivity contribution >= 4 is 17.0 Å². The van der Waals surface area contributed by atoms with Crippen LogP contribution in [0.5, 0.6) is 0 Å². The van der Waals surface area contributed by atoms with Gasteiger partial charge in [-0.2, -0.15) is 0 Å². The fourth-order valence-corrected chi connectivity index (χ4v) is 4.43. The van der Waals surface area contributed by atoms with Crippen LogP contribution in [0.3, 0.4) is 0 Å². The minimum absolute atomic E-state index is 0.906. The Hall–Kier alpha value is -2.91. The third-order valence-corrected chi connectivity index (χ3v) is 6.01. The number of thiazole rings is 1. The van der Waals surface area contributed by atoms with Crippen molar-refractivity contribution in [3.8, 4) is 11.3 Å². The van der Waals surface area contributed by atoms with Crippen LogP contribution in [0.2, 0.25) is 0 Å². The van der Waals surface area contributed by atoms with Crippen LogP contribution in [0.15, 0.2) is 89.2 Å². The topological polar surface area (TPSA) is 17.3 Å². The quantitative estimate of drug-likeness (QED) is 0.350. The number of aromatic nitrogens is 1. The average molecular weight is 399 g/mol. The van der Waals surface area contributed by atoms with Gasteiger partial charge in [-0.3, -0.25) is 0 Å². The van der Waals surface area contributed by atoms with E-state index in [1.807, 2.05) is 0 Å². The van der Waals surface area contributed by atoms with Crippen molar-refractivity contribution < 1.29 is 0 Å². The molecule has 0 atom stereocenters. The molecular weight excluding hydrogens is 372 g/mol. The minimum Gasteiger partial charge on any atom is -0.316 e. The summed E-state index contributed by atoms with van der Waals surface area (Å²) in [5.41, 5.74) is 7.43. The summed E-state index contributed by atoms with van der Waals surface area (Å²) >= 11 is 1.71. The van der Waals surface area contributed by atoms with Crippen molar-refractivity contribution in [2.24, 2.45) is 4.99 Å². The highest BCUT2D eigenvalue weighted by Crippen LogP contribution is 2.22. The highest BCUT2D eigenvalue weighted by Gasteiger charge is 2.09. The van der Waals surface area contributed by atoms with Crippen molar-refractivity contribution in [1.29, 1.82) is 0 Å². The summed E-state index contributed by atoms with van der Waals surface area (Å²) in [6.45, 7) is 5.21. The summed E-state index contributed by atoms with van der Waals surface area (Å²) < 4.78 is 2.36. The van der Waals surface area contributed by atoms with Crippen molar-refractivity contribution in [1.82, 2.24) is 4.57 Å². The molecule has 0 spiro atoms. The lowest BCUT2D eigenvalue weighted by molar-refractivity contribution is 0.684. The lowest BCUT2D eigenvalue weighted by atomic mass is 10.1.